The van der Waals surface area contributed by atoms with E-state index in [4.69, 9.17) is 8.97 Å². The zero-order valence-electron chi connectivity index (χ0n) is 12.5. The Morgan fingerprint density at radius 2 is 1.71 bits per heavy atom. The van der Waals surface area contributed by atoms with Gasteiger partial charge < -0.3 is 13.7 Å². The van der Waals surface area contributed by atoms with Crippen molar-refractivity contribution in [2.75, 3.05) is 0 Å². The second-order valence-corrected chi connectivity index (χ2v) is 5.69. The molecule has 0 aliphatic carbocycles. The minimum absolute atomic E-state index is 0. The second kappa shape index (κ2) is 6.96. The van der Waals surface area contributed by atoms with E-state index in [-0.39, 0.29) is 52.0 Å². The standard InChI is InChI=1S/C15H10O7S.Na/c16-11-6-10(22-23(18,19)20)7-14-15(11)12(17)8-13(21-14)9-4-2-1-3-5-9;/h1-8,16H,(H,18,19,20);/q;+1. The average molecular weight is 357 g/mol. The molecule has 24 heavy (non-hydrogen) atoms. The minimum Gasteiger partial charge on any atom is -0.507 e. The van der Waals surface area contributed by atoms with Gasteiger partial charge in [0.1, 0.15) is 22.5 Å². The molecule has 0 atom stereocenters. The molecule has 0 amide bonds. The molecule has 0 saturated carbocycles. The van der Waals surface area contributed by atoms with Crippen molar-refractivity contribution >= 4 is 21.4 Å². The predicted octanol–water partition coefficient (Wildman–Crippen LogP) is -0.649. The quantitative estimate of drug-likeness (QED) is 0.473. The third kappa shape index (κ3) is 3.97. The number of benzene rings is 2. The van der Waals surface area contributed by atoms with Crippen LogP contribution < -0.4 is 39.2 Å². The number of hydrogen-bond donors (Lipinski definition) is 2. The summed E-state index contributed by atoms with van der Waals surface area (Å²) in [5.74, 6) is -0.660. The Hall–Kier alpha value is -1.84. The summed E-state index contributed by atoms with van der Waals surface area (Å²) >= 11 is 0. The van der Waals surface area contributed by atoms with Gasteiger partial charge in [-0.1, -0.05) is 30.3 Å². The van der Waals surface area contributed by atoms with Gasteiger partial charge in [-0.15, -0.1) is 0 Å². The van der Waals surface area contributed by atoms with Crippen LogP contribution in [0.15, 0.2) is 57.7 Å². The van der Waals surface area contributed by atoms with E-state index in [2.05, 4.69) is 4.18 Å². The Morgan fingerprint density at radius 1 is 1.04 bits per heavy atom. The van der Waals surface area contributed by atoms with Crippen molar-refractivity contribution in [1.82, 2.24) is 0 Å². The van der Waals surface area contributed by atoms with Gasteiger partial charge in [0.15, 0.2) is 11.2 Å². The molecule has 3 rings (SSSR count). The van der Waals surface area contributed by atoms with Crippen molar-refractivity contribution in [2.45, 2.75) is 0 Å². The van der Waals surface area contributed by atoms with Crippen molar-refractivity contribution in [2.24, 2.45) is 0 Å². The average Bonchev–Trinajstić information content (AvgIpc) is 2.45. The number of rotatable bonds is 3. The van der Waals surface area contributed by atoms with E-state index < -0.39 is 21.6 Å². The molecule has 0 aliphatic heterocycles. The van der Waals surface area contributed by atoms with Gasteiger partial charge >= 0.3 is 40.0 Å². The smallest absolute Gasteiger partial charge is 0.507 e. The third-order valence-electron chi connectivity index (χ3n) is 3.04. The fourth-order valence-corrected chi connectivity index (χ4v) is 2.50. The van der Waals surface area contributed by atoms with Crippen molar-refractivity contribution in [3.8, 4) is 22.8 Å². The number of aromatic hydroxyl groups is 1. The van der Waals surface area contributed by atoms with Crippen LogP contribution in [-0.4, -0.2) is 18.1 Å². The van der Waals surface area contributed by atoms with E-state index in [1.807, 2.05) is 0 Å². The van der Waals surface area contributed by atoms with Crippen LogP contribution in [0.1, 0.15) is 0 Å². The topological polar surface area (TPSA) is 114 Å². The van der Waals surface area contributed by atoms with E-state index in [9.17, 15) is 18.3 Å². The van der Waals surface area contributed by atoms with Crippen LogP contribution in [0.25, 0.3) is 22.3 Å². The number of phenolic OH excluding ortho intramolecular Hbond substituents is 1. The van der Waals surface area contributed by atoms with Crippen LogP contribution in [0.2, 0.25) is 0 Å². The summed E-state index contributed by atoms with van der Waals surface area (Å²) in [7, 11) is -4.77. The van der Waals surface area contributed by atoms with Crippen LogP contribution in [-0.2, 0) is 10.4 Å². The maximum Gasteiger partial charge on any atom is 1.00 e. The van der Waals surface area contributed by atoms with Gasteiger partial charge in [0.05, 0.1) is 0 Å². The molecule has 0 spiro atoms. The third-order valence-corrected chi connectivity index (χ3v) is 3.45. The molecule has 9 heteroatoms. The molecule has 2 aromatic carbocycles. The molecule has 2 N–H and O–H groups in total. The maximum atomic E-state index is 12.2. The first-order chi connectivity index (χ1) is 10.8. The van der Waals surface area contributed by atoms with Crippen LogP contribution in [0.5, 0.6) is 11.5 Å². The van der Waals surface area contributed by atoms with Crippen molar-refractivity contribution in [3.63, 3.8) is 0 Å². The molecule has 0 bridgehead atoms. The number of phenols is 1. The predicted molar refractivity (Wildman–Crippen MR) is 81.8 cm³/mol. The molecule has 118 valence electrons. The Bertz CT molecular complexity index is 1040. The van der Waals surface area contributed by atoms with Gasteiger partial charge in [-0.3, -0.25) is 9.35 Å². The van der Waals surface area contributed by atoms with E-state index in [0.717, 1.165) is 12.1 Å². The van der Waals surface area contributed by atoms with Crippen LogP contribution in [0.4, 0.5) is 0 Å². The van der Waals surface area contributed by atoms with Crippen LogP contribution in [0, 0.1) is 0 Å². The Morgan fingerprint density at radius 3 is 2.33 bits per heavy atom. The molecule has 0 aliphatic rings. The molecule has 0 unspecified atom stereocenters. The largest absolute Gasteiger partial charge is 1.00 e. The van der Waals surface area contributed by atoms with E-state index >= 15 is 0 Å². The summed E-state index contributed by atoms with van der Waals surface area (Å²) < 4.78 is 40.1. The van der Waals surface area contributed by atoms with Crippen molar-refractivity contribution in [1.29, 1.82) is 0 Å². The Labute approximate surface area is 158 Å². The zero-order chi connectivity index (χ0) is 16.6. The summed E-state index contributed by atoms with van der Waals surface area (Å²) in [6, 6.07) is 12.0. The summed E-state index contributed by atoms with van der Waals surface area (Å²) in [4.78, 5) is 12.2. The van der Waals surface area contributed by atoms with Gasteiger partial charge in [0.25, 0.3) is 0 Å². The summed E-state index contributed by atoms with van der Waals surface area (Å²) in [6.07, 6.45) is 0. The van der Waals surface area contributed by atoms with E-state index in [1.165, 1.54) is 6.07 Å². The number of hydrogen-bond acceptors (Lipinski definition) is 6. The molecule has 1 aromatic heterocycles. The van der Waals surface area contributed by atoms with Crippen molar-refractivity contribution in [3.05, 3.63) is 58.8 Å². The van der Waals surface area contributed by atoms with Crippen molar-refractivity contribution < 1.29 is 56.2 Å². The fourth-order valence-electron chi connectivity index (χ4n) is 2.16. The molecule has 1 heterocycles. The van der Waals surface area contributed by atoms with E-state index in [1.54, 1.807) is 30.3 Å². The van der Waals surface area contributed by atoms with Gasteiger partial charge in [0, 0.05) is 23.8 Å². The molecule has 3 aromatic rings. The van der Waals surface area contributed by atoms with Gasteiger partial charge in [-0.25, -0.2) is 0 Å². The Kier molecular flexibility index (Phi) is 5.36. The molecule has 0 fully saturated rings. The monoisotopic (exact) mass is 357 g/mol. The fraction of sp³-hybridized carbons (Fsp3) is 0. The summed E-state index contributed by atoms with van der Waals surface area (Å²) in [6.45, 7) is 0. The Balaban J connectivity index is 0.00000208. The second-order valence-electron chi connectivity index (χ2n) is 4.67. The molecular formula is C15H10NaO7S+. The maximum absolute atomic E-state index is 12.2. The minimum atomic E-state index is -4.77. The van der Waals surface area contributed by atoms with Crippen LogP contribution in [0.3, 0.4) is 0 Å². The zero-order valence-corrected chi connectivity index (χ0v) is 15.3. The normalized spacial score (nSPS) is 11.0. The number of fused-ring (bicyclic) bond motifs is 1. The van der Waals surface area contributed by atoms with Crippen LogP contribution >= 0.6 is 0 Å². The van der Waals surface area contributed by atoms with Gasteiger partial charge in [-0.2, -0.15) is 8.42 Å². The SMILES string of the molecule is O=c1cc(-c2ccccc2)oc2cc(OS(=O)(=O)O)cc(O)c12.[Na+]. The first kappa shape index (κ1) is 18.5. The molecular weight excluding hydrogens is 347 g/mol. The summed E-state index contributed by atoms with van der Waals surface area (Å²) in [5, 5.41) is 9.76. The molecule has 0 saturated heterocycles. The van der Waals surface area contributed by atoms with Gasteiger partial charge in [0.2, 0.25) is 0 Å². The molecule has 0 radical (unpaired) electrons. The first-order valence-electron chi connectivity index (χ1n) is 6.37. The van der Waals surface area contributed by atoms with E-state index in [0.29, 0.717) is 5.56 Å². The summed E-state index contributed by atoms with van der Waals surface area (Å²) in [5.41, 5.74) is 0.0584. The molecule has 7 nitrogen and oxygen atoms in total. The first-order valence-corrected chi connectivity index (χ1v) is 7.73. The van der Waals surface area contributed by atoms with Gasteiger partial charge in [-0.05, 0) is 0 Å².